The molecule has 5 amide bonds. The van der Waals surface area contributed by atoms with Crippen molar-refractivity contribution in [3.8, 4) is 0 Å². The van der Waals surface area contributed by atoms with Gasteiger partial charge in [-0.2, -0.15) is 0 Å². The van der Waals surface area contributed by atoms with Crippen molar-refractivity contribution in [2.75, 3.05) is 26.7 Å². The molecule has 60 heavy (non-hydrogen) atoms. The number of carbonyl (C=O) groups is 5. The lowest BCUT2D eigenvalue weighted by molar-refractivity contribution is -0.143. The van der Waals surface area contributed by atoms with E-state index in [1.807, 2.05) is 115 Å². The molecular weight excluding hydrogens is 755 g/mol. The molecule has 0 saturated carbocycles. The Hall–Kier alpha value is -6.11. The van der Waals surface area contributed by atoms with Crippen LogP contribution in [0.25, 0.3) is 21.5 Å². The fourth-order valence-corrected chi connectivity index (χ4v) is 7.95. The zero-order valence-corrected chi connectivity index (χ0v) is 34.3. The number of piperidine rings is 1. The van der Waals surface area contributed by atoms with Crippen molar-refractivity contribution in [1.82, 2.24) is 26.2 Å². The van der Waals surface area contributed by atoms with E-state index in [0.717, 1.165) is 38.2 Å². The van der Waals surface area contributed by atoms with Crippen LogP contribution in [0.4, 0.5) is 0 Å². The number of nitrogens with two attached hydrogens (primary N) is 2. The van der Waals surface area contributed by atoms with Crippen molar-refractivity contribution >= 4 is 51.1 Å². The minimum Gasteiger partial charge on any atom is -0.368 e. The van der Waals surface area contributed by atoms with Crippen LogP contribution < -0.4 is 32.7 Å². The molecule has 320 valence electrons. The van der Waals surface area contributed by atoms with E-state index >= 15 is 0 Å². The standard InChI is InChI=1S/C48H57N7O5.3H2/c1-55(48(60)42(54-45(57)37-22-25-51-26-23-37)30-33-18-20-35-13-5-7-15-38(35)27-33)43(31-34-19-21-36-14-6-8-16-39(36)28-34)47(59)53-41(29-32-11-3-2-4-12-32)46(58)52-40(44(50)56)17-9-10-24-49;;;/h2-8,11-16,18-21,27-28,37,40-43,51H,9-10,17,22-26,29-31,49H2,1H3,(H2,50,56)(H,52,58)(H,53,59)(H,54,57);3*1H/t40?,41-,42?,43+;;;/m0.../s1. The fourth-order valence-electron chi connectivity index (χ4n) is 7.95. The number of benzene rings is 5. The van der Waals surface area contributed by atoms with Crippen LogP contribution in [0.1, 0.15) is 53.1 Å². The van der Waals surface area contributed by atoms with Crippen molar-refractivity contribution in [2.45, 2.75) is 75.5 Å². The Kier molecular flexibility index (Phi) is 15.4. The second-order valence-corrected chi connectivity index (χ2v) is 15.8. The van der Waals surface area contributed by atoms with Crippen LogP contribution in [0, 0.1) is 5.92 Å². The number of hydrogen-bond donors (Lipinski definition) is 6. The maximum atomic E-state index is 14.9. The molecule has 0 radical (unpaired) electrons. The van der Waals surface area contributed by atoms with Crippen molar-refractivity contribution in [2.24, 2.45) is 17.4 Å². The van der Waals surface area contributed by atoms with Gasteiger partial charge in [0, 0.05) is 36.5 Å². The average molecular weight is 818 g/mol. The van der Waals surface area contributed by atoms with Crippen LogP contribution in [-0.2, 0) is 43.2 Å². The zero-order chi connectivity index (χ0) is 42.4. The highest BCUT2D eigenvalue weighted by Gasteiger charge is 2.36. The number of fused-ring (bicyclic) bond motifs is 2. The van der Waals surface area contributed by atoms with Gasteiger partial charge in [-0.1, -0.05) is 115 Å². The Labute approximate surface area is 356 Å². The third-order valence-corrected chi connectivity index (χ3v) is 11.5. The average Bonchev–Trinajstić information content (AvgIpc) is 3.27. The summed E-state index contributed by atoms with van der Waals surface area (Å²) in [4.78, 5) is 71.4. The molecule has 1 aliphatic rings. The van der Waals surface area contributed by atoms with Gasteiger partial charge in [-0.3, -0.25) is 24.0 Å². The lowest BCUT2D eigenvalue weighted by Gasteiger charge is -2.33. The number of hydrogen-bond acceptors (Lipinski definition) is 7. The molecule has 1 fully saturated rings. The smallest absolute Gasteiger partial charge is 0.245 e. The van der Waals surface area contributed by atoms with Crippen LogP contribution in [-0.4, -0.2) is 85.3 Å². The Morgan fingerprint density at radius 3 is 1.80 bits per heavy atom. The molecule has 1 heterocycles. The third kappa shape index (κ3) is 11.8. The topological polar surface area (TPSA) is 189 Å². The predicted molar refractivity (Wildman–Crippen MR) is 242 cm³/mol. The Bertz CT molecular complexity index is 2280. The van der Waals surface area contributed by atoms with Crippen molar-refractivity contribution in [1.29, 1.82) is 0 Å². The second-order valence-electron chi connectivity index (χ2n) is 15.8. The lowest BCUT2D eigenvalue weighted by atomic mass is 9.95. The SMILES string of the molecule is CN(C(=O)C(Cc1ccc2ccccc2c1)NC(=O)C1CCNCC1)[C@H](Cc1ccc2ccccc2c1)C(=O)N[C@@H](Cc1ccccc1)C(=O)NC(CCCCN)C(N)=O.[HH].[HH].[HH]. The van der Waals surface area contributed by atoms with E-state index in [1.54, 1.807) is 7.05 Å². The normalized spacial score (nSPS) is 15.0. The van der Waals surface area contributed by atoms with Gasteiger partial charge < -0.3 is 37.6 Å². The van der Waals surface area contributed by atoms with Crippen LogP contribution in [0.2, 0.25) is 0 Å². The van der Waals surface area contributed by atoms with E-state index in [1.165, 1.54) is 4.90 Å². The van der Waals surface area contributed by atoms with Gasteiger partial charge in [-0.25, -0.2) is 0 Å². The minimum absolute atomic E-state index is 0. The lowest BCUT2D eigenvalue weighted by Crippen LogP contribution is -2.59. The molecule has 12 nitrogen and oxygen atoms in total. The first-order valence-electron chi connectivity index (χ1n) is 21.0. The molecule has 5 aromatic rings. The van der Waals surface area contributed by atoms with Gasteiger partial charge in [0.1, 0.15) is 24.2 Å². The highest BCUT2D eigenvalue weighted by molar-refractivity contribution is 5.96. The summed E-state index contributed by atoms with van der Waals surface area (Å²) < 4.78 is 0. The number of rotatable bonds is 19. The molecule has 12 heteroatoms. The van der Waals surface area contributed by atoms with E-state index in [4.69, 9.17) is 11.5 Å². The summed E-state index contributed by atoms with van der Waals surface area (Å²) in [5.74, 6) is -2.72. The monoisotopic (exact) mass is 817 g/mol. The molecule has 1 saturated heterocycles. The maximum Gasteiger partial charge on any atom is 0.245 e. The van der Waals surface area contributed by atoms with E-state index < -0.39 is 47.8 Å². The molecule has 4 atom stereocenters. The summed E-state index contributed by atoms with van der Waals surface area (Å²) in [6, 6.07) is 32.8. The number of nitrogens with one attached hydrogen (secondary N) is 4. The molecule has 5 aromatic carbocycles. The molecule has 6 rings (SSSR count). The van der Waals surface area contributed by atoms with Crippen molar-refractivity contribution in [3.63, 3.8) is 0 Å². The molecule has 2 unspecified atom stereocenters. The van der Waals surface area contributed by atoms with Crippen LogP contribution >= 0.6 is 0 Å². The molecular formula is C48H63N7O5. The first-order valence-corrected chi connectivity index (χ1v) is 21.0. The van der Waals surface area contributed by atoms with E-state index in [9.17, 15) is 24.0 Å². The fraction of sp³-hybridized carbons (Fsp3) is 0.354. The van der Waals surface area contributed by atoms with Gasteiger partial charge >= 0.3 is 0 Å². The summed E-state index contributed by atoms with van der Waals surface area (Å²) >= 11 is 0. The zero-order valence-electron chi connectivity index (χ0n) is 34.3. The number of carbonyl (C=O) groups excluding carboxylic acids is 5. The number of nitrogens with zero attached hydrogens (tertiary/aromatic N) is 1. The quantitative estimate of drug-likeness (QED) is 0.0655. The van der Waals surface area contributed by atoms with Crippen LogP contribution in [0.5, 0.6) is 0 Å². The summed E-state index contributed by atoms with van der Waals surface area (Å²) in [6.45, 7) is 1.85. The summed E-state index contributed by atoms with van der Waals surface area (Å²) in [5.41, 5.74) is 13.8. The highest BCUT2D eigenvalue weighted by atomic mass is 16.2. The summed E-state index contributed by atoms with van der Waals surface area (Å²) in [5, 5.41) is 16.2. The molecule has 0 aromatic heterocycles. The van der Waals surface area contributed by atoms with E-state index in [0.29, 0.717) is 51.7 Å². The van der Waals surface area contributed by atoms with E-state index in [-0.39, 0.29) is 35.4 Å². The maximum absolute atomic E-state index is 14.9. The second kappa shape index (κ2) is 21.2. The molecule has 0 aliphatic carbocycles. The number of unbranched alkanes of at least 4 members (excludes halogenated alkanes) is 1. The van der Waals surface area contributed by atoms with Crippen LogP contribution in [0.15, 0.2) is 115 Å². The molecule has 0 bridgehead atoms. The Balaban J connectivity index is 0.00000352. The first kappa shape index (κ1) is 43.5. The minimum atomic E-state index is -1.12. The molecule has 1 aliphatic heterocycles. The summed E-state index contributed by atoms with van der Waals surface area (Å²) in [7, 11) is 1.57. The number of likely N-dealkylation sites (N-methyl/N-ethyl adjacent to an activating group) is 1. The largest absolute Gasteiger partial charge is 0.368 e. The molecule has 8 N–H and O–H groups in total. The predicted octanol–water partition coefficient (Wildman–Crippen LogP) is 4.65. The Morgan fingerprint density at radius 2 is 1.20 bits per heavy atom. The van der Waals surface area contributed by atoms with Crippen LogP contribution in [0.3, 0.4) is 0 Å². The van der Waals surface area contributed by atoms with Gasteiger partial charge in [0.15, 0.2) is 0 Å². The third-order valence-electron chi connectivity index (χ3n) is 11.5. The Morgan fingerprint density at radius 1 is 0.650 bits per heavy atom. The summed E-state index contributed by atoms with van der Waals surface area (Å²) in [6.07, 6.45) is 3.27. The number of amides is 5. The van der Waals surface area contributed by atoms with Gasteiger partial charge in [0.25, 0.3) is 0 Å². The van der Waals surface area contributed by atoms with E-state index in [2.05, 4.69) is 21.3 Å². The van der Waals surface area contributed by atoms with Gasteiger partial charge in [-0.05, 0) is 90.0 Å². The van der Waals surface area contributed by atoms with Gasteiger partial charge in [0.2, 0.25) is 29.5 Å². The van der Waals surface area contributed by atoms with Crippen molar-refractivity contribution in [3.05, 3.63) is 132 Å². The highest BCUT2D eigenvalue weighted by Crippen LogP contribution is 2.22. The number of primary amides is 1. The molecule has 0 spiro atoms. The van der Waals surface area contributed by atoms with Gasteiger partial charge in [-0.15, -0.1) is 0 Å². The first-order chi connectivity index (χ1) is 29.1. The van der Waals surface area contributed by atoms with Crippen molar-refractivity contribution < 1.29 is 28.3 Å². The van der Waals surface area contributed by atoms with Gasteiger partial charge in [0.05, 0.1) is 0 Å².